The van der Waals surface area contributed by atoms with Gasteiger partial charge in [0, 0.05) is 12.8 Å². The van der Waals surface area contributed by atoms with Gasteiger partial charge in [-0.25, -0.2) is 4.57 Å². The zero-order valence-corrected chi connectivity index (χ0v) is 47.4. The molecule has 74 heavy (non-hydrogen) atoms. The standard InChI is InChI=1S/C62H103O11P/c1-4-7-10-13-16-19-22-25-27-28-29-30-32-34-36-39-42-45-48-51-60(64)69-55-59(73-62(66)53-50-47-44-41-38-35-31-26-23-20-17-14-11-8-5-2)57-71-74(67,68)70-56-58(54-63)72-61(65)52-49-46-43-40-37-33-24-21-18-15-12-9-6-3/h8,11-12,15-17,19-21,24-27,31,38,41,47,50,58-59,63H,4-7,9-10,13-14,18,22-23,28-30,32-37,39-40,42-46,48-49,51-57H2,1-3H3,(H,67,68)/b11-8-,15-12-,19-16-,20-17-,24-21-,27-25-,31-26-,41-38-,50-47-. The quantitative estimate of drug-likeness (QED) is 0.0197. The summed E-state index contributed by atoms with van der Waals surface area (Å²) >= 11 is 0. The van der Waals surface area contributed by atoms with Gasteiger partial charge in [-0.1, -0.05) is 214 Å². The van der Waals surface area contributed by atoms with Crippen LogP contribution in [0.1, 0.15) is 226 Å². The van der Waals surface area contributed by atoms with Crippen molar-refractivity contribution in [2.45, 2.75) is 238 Å². The highest BCUT2D eigenvalue weighted by atomic mass is 31.2. The van der Waals surface area contributed by atoms with Crippen molar-refractivity contribution in [3.8, 4) is 0 Å². The van der Waals surface area contributed by atoms with Crippen LogP contribution in [0.4, 0.5) is 0 Å². The number of rotatable bonds is 52. The van der Waals surface area contributed by atoms with E-state index in [4.69, 9.17) is 23.3 Å². The molecule has 12 heteroatoms. The van der Waals surface area contributed by atoms with Gasteiger partial charge >= 0.3 is 25.7 Å². The molecule has 0 aliphatic heterocycles. The Labute approximate surface area is 450 Å². The molecule has 0 bridgehead atoms. The van der Waals surface area contributed by atoms with Gasteiger partial charge in [0.15, 0.2) is 6.10 Å². The fourth-order valence-corrected chi connectivity index (χ4v) is 8.11. The molecule has 0 aromatic carbocycles. The molecule has 0 aliphatic rings. The van der Waals surface area contributed by atoms with Crippen LogP contribution >= 0.6 is 7.82 Å². The van der Waals surface area contributed by atoms with E-state index in [1.807, 2.05) is 18.2 Å². The SMILES string of the molecule is CC/C=C\C/C=C\C/C=C\C/C=C\C/C=C\CC(=O)OC(COC(=O)CCCCCCCCCCC/C=C\C/C=C\CCCCC)COP(=O)(O)OCC(CO)OC(=O)CCCCCCC/C=C\C/C=C\CCC. The summed E-state index contributed by atoms with van der Waals surface area (Å²) in [6.45, 7) is 4.30. The van der Waals surface area contributed by atoms with Gasteiger partial charge in [-0.05, 0) is 103 Å². The van der Waals surface area contributed by atoms with E-state index in [1.54, 1.807) is 6.08 Å². The van der Waals surface area contributed by atoms with Crippen LogP contribution < -0.4 is 0 Å². The lowest BCUT2D eigenvalue weighted by atomic mass is 10.1. The lowest BCUT2D eigenvalue weighted by Crippen LogP contribution is -2.30. The van der Waals surface area contributed by atoms with Crippen molar-refractivity contribution in [1.29, 1.82) is 0 Å². The van der Waals surface area contributed by atoms with E-state index in [-0.39, 0.29) is 25.9 Å². The molecule has 0 fully saturated rings. The third kappa shape index (κ3) is 53.0. The van der Waals surface area contributed by atoms with Crippen LogP contribution in [0.3, 0.4) is 0 Å². The summed E-state index contributed by atoms with van der Waals surface area (Å²) in [5.74, 6) is -1.64. The number of aliphatic hydroxyl groups is 1. The molecule has 3 atom stereocenters. The Morgan fingerprint density at radius 2 is 0.784 bits per heavy atom. The average molecular weight is 1060 g/mol. The minimum Gasteiger partial charge on any atom is -0.462 e. The molecule has 0 rings (SSSR count). The van der Waals surface area contributed by atoms with Crippen LogP contribution in [0.5, 0.6) is 0 Å². The normalized spacial score (nSPS) is 14.2. The Bertz CT molecular complexity index is 1660. The van der Waals surface area contributed by atoms with E-state index in [0.29, 0.717) is 19.3 Å². The monoisotopic (exact) mass is 1050 g/mol. The number of esters is 3. The molecule has 0 saturated heterocycles. The molecule has 0 aromatic heterocycles. The first kappa shape index (κ1) is 70.1. The van der Waals surface area contributed by atoms with Crippen LogP contribution in [0.2, 0.25) is 0 Å². The van der Waals surface area contributed by atoms with Gasteiger partial charge in [0.05, 0.1) is 26.2 Å². The van der Waals surface area contributed by atoms with E-state index in [0.717, 1.165) is 109 Å². The number of aliphatic hydroxyl groups excluding tert-OH is 1. The third-order valence-corrected chi connectivity index (χ3v) is 12.6. The fraction of sp³-hybridized carbons (Fsp3) is 0.661. The van der Waals surface area contributed by atoms with Crippen LogP contribution in [0.15, 0.2) is 109 Å². The number of phosphoric ester groups is 1. The molecule has 2 N–H and O–H groups in total. The maximum Gasteiger partial charge on any atom is 0.472 e. The molecular weight excluding hydrogens is 952 g/mol. The van der Waals surface area contributed by atoms with Crippen molar-refractivity contribution in [1.82, 2.24) is 0 Å². The molecule has 0 aliphatic carbocycles. The number of carbonyl (C=O) groups is 3. The Morgan fingerprint density at radius 1 is 0.405 bits per heavy atom. The van der Waals surface area contributed by atoms with Crippen LogP contribution in [0.25, 0.3) is 0 Å². The minimum absolute atomic E-state index is 0.0708. The summed E-state index contributed by atoms with van der Waals surface area (Å²) in [6.07, 6.45) is 66.5. The summed E-state index contributed by atoms with van der Waals surface area (Å²) in [6, 6.07) is 0. The maximum atomic E-state index is 12.9. The molecule has 11 nitrogen and oxygen atoms in total. The predicted octanol–water partition coefficient (Wildman–Crippen LogP) is 17.0. The van der Waals surface area contributed by atoms with E-state index in [1.165, 1.54) is 57.8 Å². The summed E-state index contributed by atoms with van der Waals surface area (Å²) in [5, 5.41) is 9.80. The fourth-order valence-electron chi connectivity index (χ4n) is 7.32. The molecule has 0 saturated carbocycles. The largest absolute Gasteiger partial charge is 0.472 e. The molecule has 0 spiro atoms. The lowest BCUT2D eigenvalue weighted by Gasteiger charge is -2.21. The highest BCUT2D eigenvalue weighted by molar-refractivity contribution is 7.47. The molecule has 0 amide bonds. The van der Waals surface area contributed by atoms with Crippen molar-refractivity contribution >= 4 is 25.7 Å². The van der Waals surface area contributed by atoms with Gasteiger partial charge in [-0.15, -0.1) is 0 Å². The van der Waals surface area contributed by atoms with E-state index < -0.39 is 57.8 Å². The topological polar surface area (TPSA) is 155 Å². The van der Waals surface area contributed by atoms with Gasteiger partial charge in [-0.2, -0.15) is 0 Å². The smallest absolute Gasteiger partial charge is 0.462 e. The van der Waals surface area contributed by atoms with Gasteiger partial charge < -0.3 is 24.2 Å². The summed E-state index contributed by atoms with van der Waals surface area (Å²) in [5.41, 5.74) is 0. The van der Waals surface area contributed by atoms with Crippen molar-refractivity contribution in [2.24, 2.45) is 0 Å². The lowest BCUT2D eigenvalue weighted by molar-refractivity contribution is -0.160. The Hall–Kier alpha value is -3.86. The first-order valence-electron chi connectivity index (χ1n) is 28.8. The van der Waals surface area contributed by atoms with E-state index in [2.05, 4.69) is 106 Å². The Balaban J connectivity index is 4.83. The molecule has 0 heterocycles. The van der Waals surface area contributed by atoms with Crippen molar-refractivity contribution in [3.63, 3.8) is 0 Å². The van der Waals surface area contributed by atoms with Crippen molar-refractivity contribution in [2.75, 3.05) is 26.4 Å². The second-order valence-corrected chi connectivity index (χ2v) is 20.2. The highest BCUT2D eigenvalue weighted by Gasteiger charge is 2.28. The Kier molecular flexibility index (Phi) is 52.5. The zero-order valence-electron chi connectivity index (χ0n) is 46.5. The summed E-state index contributed by atoms with van der Waals surface area (Å²) in [4.78, 5) is 48.5. The zero-order chi connectivity index (χ0) is 54.1. The first-order valence-corrected chi connectivity index (χ1v) is 30.3. The van der Waals surface area contributed by atoms with Gasteiger partial charge in [0.1, 0.15) is 12.7 Å². The van der Waals surface area contributed by atoms with Crippen molar-refractivity contribution < 1.29 is 52.2 Å². The molecule has 3 unspecified atom stereocenters. The van der Waals surface area contributed by atoms with Crippen LogP contribution in [0, 0.1) is 0 Å². The summed E-state index contributed by atoms with van der Waals surface area (Å²) in [7, 11) is -4.78. The number of carbonyl (C=O) groups excluding carboxylic acids is 3. The van der Waals surface area contributed by atoms with Crippen LogP contribution in [-0.2, 0) is 42.2 Å². The number of ether oxygens (including phenoxy) is 3. The first-order chi connectivity index (χ1) is 36.2. The minimum atomic E-state index is -4.78. The molecule has 0 radical (unpaired) electrons. The van der Waals surface area contributed by atoms with Crippen LogP contribution in [-0.4, -0.2) is 66.5 Å². The number of hydrogen-bond donors (Lipinski definition) is 2. The second kappa shape index (κ2) is 55.4. The summed E-state index contributed by atoms with van der Waals surface area (Å²) < 4.78 is 39.3. The maximum absolute atomic E-state index is 12.9. The number of phosphoric acid groups is 1. The molecular formula is C62H103O11P. The number of unbranched alkanes of at least 4 members (excludes halogenated alkanes) is 18. The molecule has 422 valence electrons. The third-order valence-electron chi connectivity index (χ3n) is 11.7. The second-order valence-electron chi connectivity index (χ2n) is 18.7. The number of allylic oxidation sites excluding steroid dienone is 17. The molecule has 0 aromatic rings. The highest BCUT2D eigenvalue weighted by Crippen LogP contribution is 2.43. The van der Waals surface area contributed by atoms with E-state index >= 15 is 0 Å². The predicted molar refractivity (Wildman–Crippen MR) is 307 cm³/mol. The number of hydrogen-bond acceptors (Lipinski definition) is 10. The average Bonchev–Trinajstić information content (AvgIpc) is 3.39. The van der Waals surface area contributed by atoms with Gasteiger partial charge in [0.25, 0.3) is 0 Å². The van der Waals surface area contributed by atoms with Crippen molar-refractivity contribution in [3.05, 3.63) is 109 Å². The Morgan fingerprint density at radius 3 is 1.24 bits per heavy atom. The van der Waals surface area contributed by atoms with Gasteiger partial charge in [0.2, 0.25) is 0 Å². The van der Waals surface area contributed by atoms with Gasteiger partial charge in [-0.3, -0.25) is 23.4 Å². The van der Waals surface area contributed by atoms with E-state index in [9.17, 15) is 28.9 Å².